The first-order valence-corrected chi connectivity index (χ1v) is 9.42. The summed E-state index contributed by atoms with van der Waals surface area (Å²) in [6, 6.07) is 11.1. The number of carbonyl (C=O) groups is 3. The number of anilines is 2. The average Bonchev–Trinajstić information content (AvgIpc) is 2.65. The van der Waals surface area contributed by atoms with Crippen molar-refractivity contribution in [2.24, 2.45) is 0 Å². The standard InChI is InChI=1S/C19H19F2N3O3S/c1-24(10-17(25)22-14-8-6-13(20)7-9-14)19(27)12-28-11-18(26)23-16-5-3-2-4-15(16)21/h2-9H,10-12H2,1H3,(H,22,25)(H,23,26). The van der Waals surface area contributed by atoms with E-state index in [0.717, 1.165) is 11.8 Å². The predicted octanol–water partition coefficient (Wildman–Crippen LogP) is 2.73. The summed E-state index contributed by atoms with van der Waals surface area (Å²) in [7, 11) is 1.46. The number of hydrogen-bond acceptors (Lipinski definition) is 4. The molecule has 28 heavy (non-hydrogen) atoms. The van der Waals surface area contributed by atoms with Crippen molar-refractivity contribution in [2.75, 3.05) is 35.7 Å². The van der Waals surface area contributed by atoms with Crippen LogP contribution in [-0.2, 0) is 14.4 Å². The fourth-order valence-electron chi connectivity index (χ4n) is 2.13. The number of amides is 3. The van der Waals surface area contributed by atoms with Crippen LogP contribution in [0, 0.1) is 11.6 Å². The largest absolute Gasteiger partial charge is 0.336 e. The Balaban J connectivity index is 1.70. The zero-order chi connectivity index (χ0) is 20.5. The Hall–Kier alpha value is -2.94. The van der Waals surface area contributed by atoms with Gasteiger partial charge in [0.2, 0.25) is 17.7 Å². The smallest absolute Gasteiger partial charge is 0.243 e. The van der Waals surface area contributed by atoms with Crippen LogP contribution in [0.15, 0.2) is 48.5 Å². The highest BCUT2D eigenvalue weighted by molar-refractivity contribution is 8.00. The Labute approximate surface area is 165 Å². The molecule has 0 unspecified atom stereocenters. The molecular weight excluding hydrogens is 388 g/mol. The molecule has 3 amide bonds. The minimum absolute atomic E-state index is 0.00891. The summed E-state index contributed by atoms with van der Waals surface area (Å²) in [6.45, 7) is -0.182. The second kappa shape index (κ2) is 10.4. The van der Waals surface area contributed by atoms with Gasteiger partial charge in [0.15, 0.2) is 0 Å². The second-order valence-electron chi connectivity index (χ2n) is 5.83. The van der Waals surface area contributed by atoms with Gasteiger partial charge in [-0.2, -0.15) is 0 Å². The third-order valence-corrected chi connectivity index (χ3v) is 4.46. The molecule has 0 saturated carbocycles. The first kappa shape index (κ1) is 21.4. The molecule has 0 spiro atoms. The normalized spacial score (nSPS) is 10.2. The van der Waals surface area contributed by atoms with Crippen molar-refractivity contribution in [2.45, 2.75) is 0 Å². The molecule has 2 N–H and O–H groups in total. The van der Waals surface area contributed by atoms with Gasteiger partial charge in [0.1, 0.15) is 11.6 Å². The Kier molecular flexibility index (Phi) is 7.94. The third kappa shape index (κ3) is 6.99. The molecule has 2 aromatic carbocycles. The molecular formula is C19H19F2N3O3S. The number of para-hydroxylation sites is 1. The fourth-order valence-corrected chi connectivity index (χ4v) is 2.88. The molecule has 0 radical (unpaired) electrons. The van der Waals surface area contributed by atoms with Crippen LogP contribution >= 0.6 is 11.8 Å². The minimum atomic E-state index is -0.538. The molecule has 6 nitrogen and oxygen atoms in total. The van der Waals surface area contributed by atoms with E-state index >= 15 is 0 Å². The molecule has 0 aliphatic carbocycles. The molecule has 0 atom stereocenters. The van der Waals surface area contributed by atoms with Gasteiger partial charge in [0, 0.05) is 12.7 Å². The fraction of sp³-hybridized carbons (Fsp3) is 0.211. The Morgan fingerprint density at radius 1 is 0.929 bits per heavy atom. The number of benzene rings is 2. The van der Waals surface area contributed by atoms with E-state index in [1.54, 1.807) is 6.07 Å². The quantitative estimate of drug-likeness (QED) is 0.705. The van der Waals surface area contributed by atoms with E-state index in [4.69, 9.17) is 0 Å². The molecule has 0 aromatic heterocycles. The molecule has 0 aliphatic rings. The van der Waals surface area contributed by atoms with Crippen molar-refractivity contribution >= 4 is 40.9 Å². The van der Waals surface area contributed by atoms with Crippen molar-refractivity contribution in [1.29, 1.82) is 0 Å². The number of halogens is 2. The molecule has 0 fully saturated rings. The number of rotatable bonds is 8. The van der Waals surface area contributed by atoms with Crippen molar-refractivity contribution in [3.63, 3.8) is 0 Å². The highest BCUT2D eigenvalue weighted by atomic mass is 32.2. The van der Waals surface area contributed by atoms with Gasteiger partial charge >= 0.3 is 0 Å². The Bertz CT molecular complexity index is 847. The van der Waals surface area contributed by atoms with E-state index in [9.17, 15) is 23.2 Å². The number of thioether (sulfide) groups is 1. The minimum Gasteiger partial charge on any atom is -0.336 e. The van der Waals surface area contributed by atoms with Crippen LogP contribution in [0.25, 0.3) is 0 Å². The van der Waals surface area contributed by atoms with E-state index < -0.39 is 23.4 Å². The van der Waals surface area contributed by atoms with Crippen LogP contribution in [0.3, 0.4) is 0 Å². The van der Waals surface area contributed by atoms with Gasteiger partial charge in [-0.1, -0.05) is 12.1 Å². The Morgan fingerprint density at radius 2 is 1.61 bits per heavy atom. The molecule has 148 valence electrons. The lowest BCUT2D eigenvalue weighted by Crippen LogP contribution is -2.36. The lowest BCUT2D eigenvalue weighted by atomic mass is 10.3. The van der Waals surface area contributed by atoms with Crippen molar-refractivity contribution in [3.05, 3.63) is 60.2 Å². The zero-order valence-corrected chi connectivity index (χ0v) is 15.9. The monoisotopic (exact) mass is 407 g/mol. The molecule has 0 heterocycles. The lowest BCUT2D eigenvalue weighted by molar-refractivity contribution is -0.131. The molecule has 0 bridgehead atoms. The van der Waals surface area contributed by atoms with Crippen molar-refractivity contribution < 1.29 is 23.2 Å². The highest BCUT2D eigenvalue weighted by Gasteiger charge is 2.14. The molecule has 2 aromatic rings. The van der Waals surface area contributed by atoms with E-state index in [1.807, 2.05) is 0 Å². The van der Waals surface area contributed by atoms with Gasteiger partial charge in [-0.3, -0.25) is 14.4 Å². The SMILES string of the molecule is CN(CC(=O)Nc1ccc(F)cc1)C(=O)CSCC(=O)Nc1ccccc1F. The number of hydrogen-bond donors (Lipinski definition) is 2. The summed E-state index contributed by atoms with van der Waals surface area (Å²) in [5.41, 5.74) is 0.500. The van der Waals surface area contributed by atoms with Crippen LogP contribution in [0.2, 0.25) is 0 Å². The van der Waals surface area contributed by atoms with Crippen LogP contribution in [0.4, 0.5) is 20.2 Å². The first-order valence-electron chi connectivity index (χ1n) is 8.26. The number of nitrogens with one attached hydrogen (secondary N) is 2. The number of carbonyl (C=O) groups excluding carboxylic acids is 3. The predicted molar refractivity (Wildman–Crippen MR) is 105 cm³/mol. The van der Waals surface area contributed by atoms with Crippen molar-refractivity contribution in [3.8, 4) is 0 Å². The lowest BCUT2D eigenvalue weighted by Gasteiger charge is -2.16. The maximum absolute atomic E-state index is 13.5. The Morgan fingerprint density at radius 3 is 2.29 bits per heavy atom. The van der Waals surface area contributed by atoms with E-state index in [2.05, 4.69) is 10.6 Å². The van der Waals surface area contributed by atoms with Gasteiger partial charge in [-0.15, -0.1) is 11.8 Å². The maximum atomic E-state index is 13.5. The topological polar surface area (TPSA) is 78.5 Å². The van der Waals surface area contributed by atoms with Crippen LogP contribution < -0.4 is 10.6 Å². The number of likely N-dealkylation sites (N-methyl/N-ethyl adjacent to an activating group) is 1. The highest BCUT2D eigenvalue weighted by Crippen LogP contribution is 2.13. The first-order chi connectivity index (χ1) is 13.3. The van der Waals surface area contributed by atoms with E-state index in [1.165, 1.54) is 54.4 Å². The number of nitrogens with zero attached hydrogens (tertiary/aromatic N) is 1. The summed E-state index contributed by atoms with van der Waals surface area (Å²) in [5, 5.41) is 4.98. The molecule has 2 rings (SSSR count). The molecule has 0 saturated heterocycles. The second-order valence-corrected chi connectivity index (χ2v) is 6.81. The molecule has 9 heteroatoms. The zero-order valence-electron chi connectivity index (χ0n) is 15.1. The summed E-state index contributed by atoms with van der Waals surface area (Å²) < 4.78 is 26.3. The maximum Gasteiger partial charge on any atom is 0.243 e. The summed E-state index contributed by atoms with van der Waals surface area (Å²) in [6.07, 6.45) is 0. The van der Waals surface area contributed by atoms with Crippen molar-refractivity contribution in [1.82, 2.24) is 4.90 Å². The van der Waals surface area contributed by atoms with E-state index in [-0.39, 0.29) is 29.6 Å². The van der Waals surface area contributed by atoms with Crippen LogP contribution in [0.5, 0.6) is 0 Å². The summed E-state index contributed by atoms with van der Waals surface area (Å²) in [4.78, 5) is 37.0. The van der Waals surface area contributed by atoms with Gasteiger partial charge in [-0.05, 0) is 36.4 Å². The third-order valence-electron chi connectivity index (χ3n) is 3.54. The van der Waals surface area contributed by atoms with Crippen LogP contribution in [0.1, 0.15) is 0 Å². The summed E-state index contributed by atoms with van der Waals surface area (Å²) >= 11 is 1.06. The van der Waals surface area contributed by atoms with Gasteiger partial charge in [0.05, 0.1) is 23.7 Å². The van der Waals surface area contributed by atoms with Gasteiger partial charge in [0.25, 0.3) is 0 Å². The van der Waals surface area contributed by atoms with Gasteiger partial charge in [-0.25, -0.2) is 8.78 Å². The summed E-state index contributed by atoms with van der Waals surface area (Å²) in [5.74, 6) is -2.19. The van der Waals surface area contributed by atoms with Gasteiger partial charge < -0.3 is 15.5 Å². The molecule has 0 aliphatic heterocycles. The average molecular weight is 407 g/mol. The van der Waals surface area contributed by atoms with Crippen LogP contribution in [-0.4, -0.2) is 47.7 Å². The van der Waals surface area contributed by atoms with E-state index in [0.29, 0.717) is 5.69 Å².